The fourth-order valence-electron chi connectivity index (χ4n) is 2.06. The molecule has 0 saturated heterocycles. The van der Waals surface area contributed by atoms with Gasteiger partial charge in [0.2, 0.25) is 5.95 Å². The third-order valence-corrected chi connectivity index (χ3v) is 3.60. The molecule has 1 aromatic carbocycles. The van der Waals surface area contributed by atoms with Gasteiger partial charge in [0, 0.05) is 28.1 Å². The maximum absolute atomic E-state index is 12.3. The maximum atomic E-state index is 12.3. The van der Waals surface area contributed by atoms with Crippen molar-refractivity contribution < 1.29 is 4.79 Å². The van der Waals surface area contributed by atoms with Gasteiger partial charge in [-0.2, -0.15) is 0 Å². The van der Waals surface area contributed by atoms with E-state index in [-0.39, 0.29) is 11.6 Å². The molecule has 2 heterocycles. The number of carbonyl (C=O) groups excluding carboxylic acids is 1. The number of amides is 1. The third-order valence-electron chi connectivity index (χ3n) is 3.16. The van der Waals surface area contributed by atoms with Crippen LogP contribution in [0.15, 0.2) is 54.9 Å². The van der Waals surface area contributed by atoms with Gasteiger partial charge >= 0.3 is 0 Å². The summed E-state index contributed by atoms with van der Waals surface area (Å²) >= 11 is 11.9. The minimum absolute atomic E-state index is 0.217. The van der Waals surface area contributed by atoms with Crippen molar-refractivity contribution in [1.29, 1.82) is 0 Å². The van der Waals surface area contributed by atoms with Gasteiger partial charge in [-0.15, -0.1) is 0 Å². The Kier molecular flexibility index (Phi) is 5.42. The first-order chi connectivity index (χ1) is 12.1. The number of anilines is 2. The van der Waals surface area contributed by atoms with Crippen LogP contribution in [0.25, 0.3) is 0 Å². The van der Waals surface area contributed by atoms with Gasteiger partial charge in [0.05, 0.1) is 12.2 Å². The Morgan fingerprint density at radius 1 is 1.00 bits per heavy atom. The highest BCUT2D eigenvalue weighted by atomic mass is 35.5. The fourth-order valence-corrected chi connectivity index (χ4v) is 2.59. The molecule has 25 heavy (non-hydrogen) atoms. The van der Waals surface area contributed by atoms with Crippen LogP contribution in [0.2, 0.25) is 10.0 Å². The first-order valence-electron chi connectivity index (χ1n) is 7.34. The van der Waals surface area contributed by atoms with Gasteiger partial charge in [-0.3, -0.25) is 9.78 Å². The summed E-state index contributed by atoms with van der Waals surface area (Å²) in [6, 6.07) is 11.9. The van der Waals surface area contributed by atoms with Crippen LogP contribution in [-0.4, -0.2) is 20.9 Å². The zero-order chi connectivity index (χ0) is 17.6. The lowest BCUT2D eigenvalue weighted by molar-refractivity contribution is 0.102. The fraction of sp³-hybridized carbons (Fsp3) is 0.0588. The zero-order valence-electron chi connectivity index (χ0n) is 12.9. The summed E-state index contributed by atoms with van der Waals surface area (Å²) < 4.78 is 0. The molecule has 3 rings (SSSR count). The van der Waals surface area contributed by atoms with Crippen LogP contribution in [-0.2, 0) is 6.54 Å². The lowest BCUT2D eigenvalue weighted by atomic mass is 10.3. The van der Waals surface area contributed by atoms with Crippen molar-refractivity contribution in [2.24, 2.45) is 0 Å². The van der Waals surface area contributed by atoms with Gasteiger partial charge in [-0.25, -0.2) is 9.97 Å². The molecule has 2 aromatic heterocycles. The Morgan fingerprint density at radius 2 is 1.80 bits per heavy atom. The van der Waals surface area contributed by atoms with Crippen LogP contribution in [0.4, 0.5) is 11.6 Å². The molecule has 0 fully saturated rings. The number of hydrogen-bond acceptors (Lipinski definition) is 5. The lowest BCUT2D eigenvalue weighted by Crippen LogP contribution is -2.15. The van der Waals surface area contributed by atoms with Crippen molar-refractivity contribution in [2.45, 2.75) is 6.54 Å². The molecule has 0 aliphatic rings. The molecule has 8 heteroatoms. The molecule has 2 N–H and O–H groups in total. The molecule has 0 saturated carbocycles. The summed E-state index contributed by atoms with van der Waals surface area (Å²) in [5, 5.41) is 6.60. The Morgan fingerprint density at radius 3 is 2.52 bits per heavy atom. The average Bonchev–Trinajstić information content (AvgIpc) is 2.60. The van der Waals surface area contributed by atoms with E-state index in [0.29, 0.717) is 28.2 Å². The highest BCUT2D eigenvalue weighted by Crippen LogP contribution is 2.22. The lowest BCUT2D eigenvalue weighted by Gasteiger charge is -2.08. The van der Waals surface area contributed by atoms with E-state index in [4.69, 9.17) is 23.2 Å². The minimum Gasteiger partial charge on any atom is -0.349 e. The topological polar surface area (TPSA) is 79.8 Å². The second-order valence-corrected chi connectivity index (χ2v) is 5.93. The number of benzene rings is 1. The Labute approximate surface area is 154 Å². The van der Waals surface area contributed by atoms with Gasteiger partial charge in [0.15, 0.2) is 0 Å². The molecular formula is C17H13Cl2N5O. The van der Waals surface area contributed by atoms with Gasteiger partial charge in [0.1, 0.15) is 5.69 Å². The van der Waals surface area contributed by atoms with Crippen LogP contribution in [0.3, 0.4) is 0 Å². The van der Waals surface area contributed by atoms with Gasteiger partial charge in [-0.05, 0) is 36.4 Å². The molecule has 0 radical (unpaired) electrons. The predicted octanol–water partition coefficient (Wildman–Crippen LogP) is 4.04. The Balaban J connectivity index is 1.68. The van der Waals surface area contributed by atoms with Crippen molar-refractivity contribution in [3.05, 3.63) is 76.3 Å². The second kappa shape index (κ2) is 7.92. The number of rotatable bonds is 5. The van der Waals surface area contributed by atoms with Gasteiger partial charge in [-0.1, -0.05) is 29.3 Å². The molecule has 0 unspecified atom stereocenters. The van der Waals surface area contributed by atoms with E-state index >= 15 is 0 Å². The SMILES string of the molecule is O=C(Nc1cc(Cl)cc(Cl)c1)c1ccnc(NCc2ccccn2)n1. The number of nitrogens with zero attached hydrogens (tertiary/aromatic N) is 3. The van der Waals surface area contributed by atoms with Crippen LogP contribution in [0.1, 0.15) is 16.2 Å². The van der Waals surface area contributed by atoms with E-state index < -0.39 is 0 Å². The standard InChI is InChI=1S/C17H13Cl2N5O/c18-11-7-12(19)9-14(8-11)23-16(25)15-4-6-21-17(24-15)22-10-13-3-1-2-5-20-13/h1-9H,10H2,(H,23,25)(H,21,22,24). The molecule has 0 aliphatic carbocycles. The summed E-state index contributed by atoms with van der Waals surface area (Å²) in [4.78, 5) is 24.8. The number of aromatic nitrogens is 3. The molecule has 0 spiro atoms. The molecule has 126 valence electrons. The Bertz CT molecular complexity index is 869. The highest BCUT2D eigenvalue weighted by Gasteiger charge is 2.10. The monoisotopic (exact) mass is 373 g/mol. The molecule has 3 aromatic rings. The molecule has 0 atom stereocenters. The number of carbonyl (C=O) groups is 1. The number of pyridine rings is 1. The summed E-state index contributed by atoms with van der Waals surface area (Å²) in [5.74, 6) is -0.0518. The summed E-state index contributed by atoms with van der Waals surface area (Å²) in [6.07, 6.45) is 3.21. The van der Waals surface area contributed by atoms with Crippen molar-refractivity contribution in [3.8, 4) is 0 Å². The normalized spacial score (nSPS) is 10.3. The van der Waals surface area contributed by atoms with E-state index in [0.717, 1.165) is 5.69 Å². The van der Waals surface area contributed by atoms with Crippen molar-refractivity contribution in [2.75, 3.05) is 10.6 Å². The third kappa shape index (κ3) is 4.89. The van der Waals surface area contributed by atoms with Crippen LogP contribution >= 0.6 is 23.2 Å². The molecule has 1 amide bonds. The van der Waals surface area contributed by atoms with Crippen molar-refractivity contribution >= 4 is 40.7 Å². The van der Waals surface area contributed by atoms with Crippen LogP contribution in [0, 0.1) is 0 Å². The van der Waals surface area contributed by atoms with Crippen LogP contribution in [0.5, 0.6) is 0 Å². The minimum atomic E-state index is -0.387. The first-order valence-corrected chi connectivity index (χ1v) is 8.10. The predicted molar refractivity (Wildman–Crippen MR) is 98.0 cm³/mol. The van der Waals surface area contributed by atoms with Crippen molar-refractivity contribution in [1.82, 2.24) is 15.0 Å². The van der Waals surface area contributed by atoms with Gasteiger partial charge in [0.25, 0.3) is 5.91 Å². The summed E-state index contributed by atoms with van der Waals surface area (Å²) in [7, 11) is 0. The molecular weight excluding hydrogens is 361 g/mol. The van der Waals surface area contributed by atoms with Crippen molar-refractivity contribution in [3.63, 3.8) is 0 Å². The number of nitrogens with one attached hydrogen (secondary N) is 2. The highest BCUT2D eigenvalue weighted by molar-refractivity contribution is 6.35. The smallest absolute Gasteiger partial charge is 0.274 e. The zero-order valence-corrected chi connectivity index (χ0v) is 14.4. The van der Waals surface area contributed by atoms with Crippen LogP contribution < -0.4 is 10.6 Å². The molecule has 6 nitrogen and oxygen atoms in total. The maximum Gasteiger partial charge on any atom is 0.274 e. The van der Waals surface area contributed by atoms with Gasteiger partial charge < -0.3 is 10.6 Å². The number of halogens is 2. The largest absolute Gasteiger partial charge is 0.349 e. The van der Waals surface area contributed by atoms with E-state index in [2.05, 4.69) is 25.6 Å². The summed E-state index contributed by atoms with van der Waals surface area (Å²) in [6.45, 7) is 0.454. The Hall–Kier alpha value is -2.70. The molecule has 0 bridgehead atoms. The number of hydrogen-bond donors (Lipinski definition) is 2. The quantitative estimate of drug-likeness (QED) is 0.705. The molecule has 0 aliphatic heterocycles. The first kappa shape index (κ1) is 17.1. The second-order valence-electron chi connectivity index (χ2n) is 5.05. The van der Waals surface area contributed by atoms with E-state index in [9.17, 15) is 4.79 Å². The average molecular weight is 374 g/mol. The van der Waals surface area contributed by atoms with E-state index in [1.807, 2.05) is 18.2 Å². The van der Waals surface area contributed by atoms with E-state index in [1.165, 1.54) is 12.3 Å². The summed E-state index contributed by atoms with van der Waals surface area (Å²) in [5.41, 5.74) is 1.55. The van der Waals surface area contributed by atoms with E-state index in [1.54, 1.807) is 24.4 Å².